The first kappa shape index (κ1) is 36.6. The summed E-state index contributed by atoms with van der Waals surface area (Å²) in [4.78, 5) is 16.5. The Hall–Kier alpha value is -8.71. The zero-order valence-corrected chi connectivity index (χ0v) is 36.6. The summed E-state index contributed by atoms with van der Waals surface area (Å²) in [6.45, 7) is 0. The number of rotatable bonds is 4. The summed E-state index contributed by atoms with van der Waals surface area (Å²) in [6, 6.07) is 73.8. The highest BCUT2D eigenvalue weighted by Crippen LogP contribution is 2.45. The molecule has 6 heteroatoms. The van der Waals surface area contributed by atoms with Crippen LogP contribution in [-0.2, 0) is 0 Å². The van der Waals surface area contributed by atoms with Crippen molar-refractivity contribution in [3.8, 4) is 39.9 Å². The Bertz CT molecular complexity index is 4590. The molecule has 0 N–H and O–H groups in total. The zero-order valence-electron chi connectivity index (χ0n) is 35.7. The maximum Gasteiger partial charge on any atom is 0.165 e. The SMILES string of the molecule is c1ccc2cc3c(cc2c1)oc1cc(-n2c4cc5ccccc5cc4c4c5ccccc5ccc42)cc(-c2nc(-c4cccc5ccccc45)nc(-c4cccc5c4sc4ccccc45)n2)c13. The van der Waals surface area contributed by atoms with E-state index in [2.05, 4.69) is 211 Å². The Kier molecular flexibility index (Phi) is 7.59. The van der Waals surface area contributed by atoms with Crippen LogP contribution < -0.4 is 0 Å². The number of benzene rings is 11. The minimum Gasteiger partial charge on any atom is -0.456 e. The van der Waals surface area contributed by atoms with Gasteiger partial charge in [-0.1, -0.05) is 152 Å². The molecule has 0 fully saturated rings. The van der Waals surface area contributed by atoms with Crippen LogP contribution in [0.3, 0.4) is 0 Å². The molecule has 4 aromatic heterocycles. The van der Waals surface area contributed by atoms with Crippen LogP contribution in [0.1, 0.15) is 0 Å². The van der Waals surface area contributed by atoms with E-state index in [-0.39, 0.29) is 0 Å². The monoisotopic (exact) mass is 870 g/mol. The third kappa shape index (κ3) is 5.45. The fourth-order valence-corrected chi connectivity index (χ4v) is 11.9. The van der Waals surface area contributed by atoms with Crippen LogP contribution >= 0.6 is 11.3 Å². The van der Waals surface area contributed by atoms with Gasteiger partial charge in [-0.2, -0.15) is 0 Å². The summed E-state index contributed by atoms with van der Waals surface area (Å²) in [5.41, 5.74) is 7.54. The molecule has 0 aliphatic rings. The molecule has 4 heterocycles. The second kappa shape index (κ2) is 13.9. The van der Waals surface area contributed by atoms with Crippen molar-refractivity contribution in [2.75, 3.05) is 0 Å². The molecule has 15 aromatic rings. The molecule has 0 atom stereocenters. The van der Waals surface area contributed by atoms with Crippen LogP contribution in [0.15, 0.2) is 211 Å². The largest absolute Gasteiger partial charge is 0.456 e. The lowest BCUT2D eigenvalue weighted by Crippen LogP contribution is -2.02. The Morgan fingerprint density at radius 1 is 0.343 bits per heavy atom. The third-order valence-corrected chi connectivity index (χ3v) is 15.0. The van der Waals surface area contributed by atoms with Gasteiger partial charge in [0.2, 0.25) is 0 Å². The topological polar surface area (TPSA) is 56.7 Å². The van der Waals surface area contributed by atoms with E-state index in [4.69, 9.17) is 19.4 Å². The van der Waals surface area contributed by atoms with Gasteiger partial charge in [0.25, 0.3) is 0 Å². The van der Waals surface area contributed by atoms with Gasteiger partial charge in [-0.05, 0) is 91.6 Å². The van der Waals surface area contributed by atoms with Crippen LogP contribution in [0.4, 0.5) is 0 Å². The van der Waals surface area contributed by atoms with Gasteiger partial charge in [0, 0.05) is 64.5 Å². The molecule has 5 nitrogen and oxygen atoms in total. The number of nitrogens with zero attached hydrogens (tertiary/aromatic N) is 4. The van der Waals surface area contributed by atoms with Crippen molar-refractivity contribution in [2.24, 2.45) is 0 Å². The van der Waals surface area contributed by atoms with E-state index < -0.39 is 0 Å². The van der Waals surface area contributed by atoms with Crippen LogP contribution in [0.2, 0.25) is 0 Å². The molecule has 0 radical (unpaired) electrons. The number of aromatic nitrogens is 4. The number of hydrogen-bond acceptors (Lipinski definition) is 5. The Morgan fingerprint density at radius 2 is 0.910 bits per heavy atom. The van der Waals surface area contributed by atoms with Gasteiger partial charge < -0.3 is 8.98 Å². The summed E-state index contributed by atoms with van der Waals surface area (Å²) in [7, 11) is 0. The van der Waals surface area contributed by atoms with Gasteiger partial charge in [0.15, 0.2) is 17.5 Å². The molecule has 0 saturated carbocycles. The van der Waals surface area contributed by atoms with E-state index in [9.17, 15) is 0 Å². The van der Waals surface area contributed by atoms with Crippen molar-refractivity contribution in [3.63, 3.8) is 0 Å². The Balaban J connectivity index is 1.09. The van der Waals surface area contributed by atoms with Crippen LogP contribution in [0, 0.1) is 0 Å². The standard InChI is InChI=1S/C61H34N4OS/c1-3-17-39-31-52-48(29-37(39)15-1)56-43-21-8-6-14-36(43)27-28-51(56)65(52)41-33-50(57-49-30-38-16-2-4-18-40(38)32-53(49)66-54(57)34-41)61-63-59(46-24-11-19-35-13-5-7-20-42(35)46)62-60(64-61)47-25-12-23-45-44-22-9-10-26-55(44)67-58(45)47/h1-34H. The van der Waals surface area contributed by atoms with Crippen LogP contribution in [0.25, 0.3) is 147 Å². The average Bonchev–Trinajstić information content (AvgIpc) is 4.05. The molecule has 15 rings (SSSR count). The molecular formula is C61H34N4OS. The molecule has 11 aromatic carbocycles. The number of furan rings is 1. The molecular weight excluding hydrogens is 837 g/mol. The van der Waals surface area contributed by atoms with E-state index in [1.54, 1.807) is 11.3 Å². The predicted molar refractivity (Wildman–Crippen MR) is 281 cm³/mol. The van der Waals surface area contributed by atoms with Crippen molar-refractivity contribution in [1.82, 2.24) is 19.5 Å². The second-order valence-electron chi connectivity index (χ2n) is 17.5. The Morgan fingerprint density at radius 3 is 1.70 bits per heavy atom. The van der Waals surface area contributed by atoms with E-state index in [1.807, 2.05) is 0 Å². The highest BCUT2D eigenvalue weighted by molar-refractivity contribution is 7.26. The molecule has 67 heavy (non-hydrogen) atoms. The van der Waals surface area contributed by atoms with Gasteiger partial charge in [0.1, 0.15) is 11.2 Å². The quantitative estimate of drug-likeness (QED) is 0.177. The summed E-state index contributed by atoms with van der Waals surface area (Å²) in [6.07, 6.45) is 0. The molecule has 0 aliphatic heterocycles. The van der Waals surface area contributed by atoms with E-state index in [1.165, 1.54) is 47.8 Å². The molecule has 0 aliphatic carbocycles. The maximum atomic E-state index is 7.02. The first-order valence-corrected chi connectivity index (χ1v) is 23.4. The second-order valence-corrected chi connectivity index (χ2v) is 18.6. The van der Waals surface area contributed by atoms with E-state index >= 15 is 0 Å². The number of fused-ring (bicyclic) bond motifs is 14. The van der Waals surface area contributed by atoms with Gasteiger partial charge in [-0.3, -0.25) is 0 Å². The molecule has 0 saturated heterocycles. The molecule has 0 amide bonds. The minimum atomic E-state index is 0.574. The van der Waals surface area contributed by atoms with Crippen molar-refractivity contribution >= 4 is 118 Å². The lowest BCUT2D eigenvalue weighted by atomic mass is 10.0. The van der Waals surface area contributed by atoms with Crippen molar-refractivity contribution in [1.29, 1.82) is 0 Å². The molecule has 0 spiro atoms. The maximum absolute atomic E-state index is 7.02. The van der Waals surface area contributed by atoms with Crippen LogP contribution in [0.5, 0.6) is 0 Å². The lowest BCUT2D eigenvalue weighted by molar-refractivity contribution is 0.669. The predicted octanol–water partition coefficient (Wildman–Crippen LogP) is 16.8. The fraction of sp³-hybridized carbons (Fsp3) is 0. The third-order valence-electron chi connectivity index (χ3n) is 13.8. The normalized spacial score (nSPS) is 12.2. The van der Waals surface area contributed by atoms with Gasteiger partial charge in [0.05, 0.1) is 16.7 Å². The van der Waals surface area contributed by atoms with E-state index in [0.29, 0.717) is 17.5 Å². The average molecular weight is 871 g/mol. The Labute approximate surface area is 386 Å². The van der Waals surface area contributed by atoms with Crippen molar-refractivity contribution in [3.05, 3.63) is 206 Å². The van der Waals surface area contributed by atoms with Crippen LogP contribution in [-0.4, -0.2) is 19.5 Å². The summed E-state index contributed by atoms with van der Waals surface area (Å²) in [5.74, 6) is 1.81. The molecule has 310 valence electrons. The van der Waals surface area contributed by atoms with E-state index in [0.717, 1.165) is 81.6 Å². The molecule has 0 unspecified atom stereocenters. The summed E-state index contributed by atoms with van der Waals surface area (Å²) < 4.78 is 11.8. The fourth-order valence-electron chi connectivity index (χ4n) is 10.7. The van der Waals surface area contributed by atoms with Gasteiger partial charge in [-0.15, -0.1) is 11.3 Å². The smallest absolute Gasteiger partial charge is 0.165 e. The van der Waals surface area contributed by atoms with Crippen molar-refractivity contribution < 1.29 is 4.42 Å². The summed E-state index contributed by atoms with van der Waals surface area (Å²) >= 11 is 1.78. The molecule has 0 bridgehead atoms. The van der Waals surface area contributed by atoms with Gasteiger partial charge >= 0.3 is 0 Å². The zero-order chi connectivity index (χ0) is 43.7. The highest BCUT2D eigenvalue weighted by atomic mass is 32.1. The van der Waals surface area contributed by atoms with Gasteiger partial charge in [-0.25, -0.2) is 15.0 Å². The number of hydrogen-bond donors (Lipinski definition) is 0. The first-order chi connectivity index (χ1) is 33.2. The highest BCUT2D eigenvalue weighted by Gasteiger charge is 2.24. The first-order valence-electron chi connectivity index (χ1n) is 22.6. The minimum absolute atomic E-state index is 0.574. The number of thiophene rings is 1. The lowest BCUT2D eigenvalue weighted by Gasteiger charge is -2.14. The summed E-state index contributed by atoms with van der Waals surface area (Å²) in [5, 5.41) is 16.1. The van der Waals surface area contributed by atoms with Crippen molar-refractivity contribution in [2.45, 2.75) is 0 Å².